The molecule has 0 fully saturated rings. The maximum absolute atomic E-state index is 5.99. The number of rotatable bonds is 8. The highest BCUT2D eigenvalue weighted by Gasteiger charge is 2.30. The summed E-state index contributed by atoms with van der Waals surface area (Å²) in [5.41, 5.74) is 15.3. The largest absolute Gasteiger partial charge is 0.457 e. The van der Waals surface area contributed by atoms with E-state index in [9.17, 15) is 0 Å². The smallest absolute Gasteiger partial charge is 0.127 e. The van der Waals surface area contributed by atoms with Crippen LogP contribution < -0.4 is 20.9 Å². The zero-order valence-corrected chi connectivity index (χ0v) is 20.0. The topological polar surface area (TPSA) is 70.5 Å². The normalized spacial score (nSPS) is 11.4. The Labute approximate surface area is 202 Å². The molecule has 4 nitrogen and oxygen atoms in total. The summed E-state index contributed by atoms with van der Waals surface area (Å²) in [6.45, 7) is 6.82. The Balaban J connectivity index is 1.55. The summed E-state index contributed by atoms with van der Waals surface area (Å²) in [6.07, 6.45) is 1.02. The van der Waals surface area contributed by atoms with Crippen LogP contribution in [-0.2, 0) is 5.41 Å². The van der Waals surface area contributed by atoms with E-state index in [1.54, 1.807) is 0 Å². The van der Waals surface area contributed by atoms with E-state index in [0.29, 0.717) is 5.92 Å². The van der Waals surface area contributed by atoms with E-state index >= 15 is 0 Å². The summed E-state index contributed by atoms with van der Waals surface area (Å²) in [6, 6.07) is 31.6. The maximum Gasteiger partial charge on any atom is 0.127 e. The molecule has 0 radical (unpaired) electrons. The monoisotopic (exact) mass is 452 g/mol. The molecular formula is C30H32N2O2. The molecule has 34 heavy (non-hydrogen) atoms. The van der Waals surface area contributed by atoms with Crippen LogP contribution in [0.5, 0.6) is 23.0 Å². The molecule has 174 valence electrons. The molecular weight excluding hydrogens is 420 g/mol. The zero-order chi connectivity index (χ0) is 24.1. The van der Waals surface area contributed by atoms with Gasteiger partial charge < -0.3 is 20.9 Å². The van der Waals surface area contributed by atoms with E-state index in [1.165, 1.54) is 11.1 Å². The van der Waals surface area contributed by atoms with Gasteiger partial charge in [0.05, 0.1) is 0 Å². The van der Waals surface area contributed by atoms with Crippen molar-refractivity contribution in [2.45, 2.75) is 32.6 Å². The molecule has 0 bridgehead atoms. The van der Waals surface area contributed by atoms with Crippen LogP contribution in [0.3, 0.4) is 0 Å². The van der Waals surface area contributed by atoms with Crippen molar-refractivity contribution in [1.29, 1.82) is 0 Å². The minimum atomic E-state index is -0.145. The van der Waals surface area contributed by atoms with Crippen LogP contribution in [-0.4, -0.2) is 0 Å². The Morgan fingerprint density at radius 1 is 0.559 bits per heavy atom. The predicted molar refractivity (Wildman–Crippen MR) is 141 cm³/mol. The second kappa shape index (κ2) is 9.92. The lowest BCUT2D eigenvalue weighted by atomic mass is 9.71. The van der Waals surface area contributed by atoms with Gasteiger partial charge in [-0.05, 0) is 96.3 Å². The lowest BCUT2D eigenvalue weighted by Gasteiger charge is -2.33. The molecule has 0 atom stereocenters. The van der Waals surface area contributed by atoms with Gasteiger partial charge in [-0.15, -0.1) is 0 Å². The molecule has 4 heteroatoms. The quantitative estimate of drug-likeness (QED) is 0.268. The fraction of sp³-hybridized carbons (Fsp3) is 0.200. The van der Waals surface area contributed by atoms with E-state index in [-0.39, 0.29) is 5.41 Å². The third-order valence-electron chi connectivity index (χ3n) is 6.03. The maximum atomic E-state index is 5.99. The Bertz CT molecular complexity index is 1110. The average molecular weight is 453 g/mol. The van der Waals surface area contributed by atoms with Crippen LogP contribution in [0.2, 0.25) is 0 Å². The van der Waals surface area contributed by atoms with Gasteiger partial charge in [-0.1, -0.05) is 45.0 Å². The summed E-state index contributed by atoms with van der Waals surface area (Å²) in [5, 5.41) is 0. The zero-order valence-electron chi connectivity index (χ0n) is 20.0. The summed E-state index contributed by atoms with van der Waals surface area (Å²) in [4.78, 5) is 0. The van der Waals surface area contributed by atoms with Crippen LogP contribution in [0.25, 0.3) is 0 Å². The fourth-order valence-corrected chi connectivity index (χ4v) is 4.34. The van der Waals surface area contributed by atoms with Crippen molar-refractivity contribution < 1.29 is 9.47 Å². The first-order valence-electron chi connectivity index (χ1n) is 11.6. The predicted octanol–water partition coefficient (Wildman–Crippen LogP) is 7.79. The van der Waals surface area contributed by atoms with Gasteiger partial charge in [0.25, 0.3) is 0 Å². The van der Waals surface area contributed by atoms with E-state index in [4.69, 9.17) is 20.9 Å². The molecule has 0 aromatic heterocycles. The molecule has 0 saturated heterocycles. The van der Waals surface area contributed by atoms with E-state index in [2.05, 4.69) is 45.0 Å². The highest BCUT2D eigenvalue weighted by molar-refractivity contribution is 5.47. The summed E-state index contributed by atoms with van der Waals surface area (Å²) in [5.74, 6) is 3.66. The number of ether oxygens (including phenoxy) is 2. The Morgan fingerprint density at radius 3 is 1.15 bits per heavy atom. The third kappa shape index (κ3) is 5.52. The second-order valence-electron chi connectivity index (χ2n) is 9.32. The lowest BCUT2D eigenvalue weighted by Crippen LogP contribution is -2.25. The highest BCUT2D eigenvalue weighted by atomic mass is 16.5. The van der Waals surface area contributed by atoms with Gasteiger partial charge in [0.15, 0.2) is 0 Å². The Morgan fingerprint density at radius 2 is 0.853 bits per heavy atom. The van der Waals surface area contributed by atoms with Crippen LogP contribution in [0.4, 0.5) is 11.4 Å². The first-order chi connectivity index (χ1) is 16.3. The average Bonchev–Trinajstić information content (AvgIpc) is 2.82. The van der Waals surface area contributed by atoms with E-state index in [1.807, 2.05) is 72.8 Å². The second-order valence-corrected chi connectivity index (χ2v) is 9.32. The number of hydrogen-bond donors (Lipinski definition) is 2. The minimum Gasteiger partial charge on any atom is -0.457 e. The van der Waals surface area contributed by atoms with Crippen molar-refractivity contribution in [2.75, 3.05) is 11.5 Å². The van der Waals surface area contributed by atoms with Crippen molar-refractivity contribution in [3.63, 3.8) is 0 Å². The third-order valence-corrected chi connectivity index (χ3v) is 6.03. The summed E-state index contributed by atoms with van der Waals surface area (Å²) < 4.78 is 12.0. The van der Waals surface area contributed by atoms with Gasteiger partial charge >= 0.3 is 0 Å². The van der Waals surface area contributed by atoms with Crippen LogP contribution in [0.1, 0.15) is 38.3 Å². The fourth-order valence-electron chi connectivity index (χ4n) is 4.34. The molecule has 0 amide bonds. The van der Waals surface area contributed by atoms with Gasteiger partial charge in [0, 0.05) is 16.8 Å². The summed E-state index contributed by atoms with van der Waals surface area (Å²) >= 11 is 0. The van der Waals surface area contributed by atoms with Crippen LogP contribution in [0, 0.1) is 5.92 Å². The van der Waals surface area contributed by atoms with Crippen molar-refractivity contribution >= 4 is 11.4 Å². The van der Waals surface area contributed by atoms with Crippen molar-refractivity contribution in [1.82, 2.24) is 0 Å². The van der Waals surface area contributed by atoms with Gasteiger partial charge in [-0.3, -0.25) is 0 Å². The highest BCUT2D eigenvalue weighted by Crippen LogP contribution is 2.39. The van der Waals surface area contributed by atoms with Gasteiger partial charge in [0.2, 0.25) is 0 Å². The number of hydrogen-bond acceptors (Lipinski definition) is 4. The molecule has 0 saturated carbocycles. The van der Waals surface area contributed by atoms with Crippen molar-refractivity contribution in [2.24, 2.45) is 5.92 Å². The molecule has 4 aromatic carbocycles. The number of benzene rings is 4. The van der Waals surface area contributed by atoms with Gasteiger partial charge in [-0.2, -0.15) is 0 Å². The lowest BCUT2D eigenvalue weighted by molar-refractivity contribution is 0.425. The first-order valence-corrected chi connectivity index (χ1v) is 11.6. The van der Waals surface area contributed by atoms with Crippen LogP contribution >= 0.6 is 0 Å². The SMILES string of the molecule is CC(C)CC(C)(c1ccc(Oc2ccc(N)cc2)cc1)c1ccc(Oc2ccc(N)cc2)cc1. The van der Waals surface area contributed by atoms with E-state index < -0.39 is 0 Å². The van der Waals surface area contributed by atoms with Gasteiger partial charge in [0.1, 0.15) is 23.0 Å². The van der Waals surface area contributed by atoms with Crippen molar-refractivity contribution in [3.8, 4) is 23.0 Å². The molecule has 4 N–H and O–H groups in total. The molecule has 0 unspecified atom stereocenters. The Kier molecular flexibility index (Phi) is 6.78. The van der Waals surface area contributed by atoms with E-state index in [0.717, 1.165) is 40.8 Å². The first kappa shape index (κ1) is 23.2. The molecule has 4 rings (SSSR count). The van der Waals surface area contributed by atoms with Crippen LogP contribution in [0.15, 0.2) is 97.1 Å². The number of nitrogen functional groups attached to an aromatic ring is 2. The summed E-state index contributed by atoms with van der Waals surface area (Å²) in [7, 11) is 0. The molecule has 0 aliphatic heterocycles. The molecule has 4 aromatic rings. The molecule has 0 spiro atoms. The minimum absolute atomic E-state index is 0.145. The molecule has 0 aliphatic rings. The Hall–Kier alpha value is -3.92. The standard InChI is InChI=1S/C30H32N2O2/c1-21(2)20-30(3,22-4-12-26(13-5-22)33-28-16-8-24(31)9-17-28)23-6-14-27(15-7-23)34-29-18-10-25(32)11-19-29/h4-19,21H,20,31-32H2,1-3H3. The van der Waals surface area contributed by atoms with Gasteiger partial charge in [-0.25, -0.2) is 0 Å². The molecule has 0 aliphatic carbocycles. The van der Waals surface area contributed by atoms with Crippen molar-refractivity contribution in [3.05, 3.63) is 108 Å². The number of anilines is 2. The number of nitrogens with two attached hydrogens (primary N) is 2. The molecule has 0 heterocycles.